The Bertz CT molecular complexity index is 1330. The number of carbonyl (C=O) groups is 2. The molecule has 3 aromatic rings. The van der Waals surface area contributed by atoms with Gasteiger partial charge in [-0.1, -0.05) is 0 Å². The summed E-state index contributed by atoms with van der Waals surface area (Å²) in [6.45, 7) is 2.91. The van der Waals surface area contributed by atoms with Gasteiger partial charge < -0.3 is 25.0 Å². The molecule has 3 aliphatic rings. The maximum Gasteiger partial charge on any atom is 0.414 e. The lowest BCUT2D eigenvalue weighted by Crippen LogP contribution is -2.58. The average Bonchev–Trinajstić information content (AvgIpc) is 3.24. The molecule has 5 heterocycles. The van der Waals surface area contributed by atoms with E-state index < -0.39 is 0 Å². The van der Waals surface area contributed by atoms with Crippen LogP contribution in [-0.2, 0) is 9.53 Å². The van der Waals surface area contributed by atoms with Crippen molar-refractivity contribution in [1.82, 2.24) is 15.3 Å². The summed E-state index contributed by atoms with van der Waals surface area (Å²) >= 11 is 1.50. The summed E-state index contributed by atoms with van der Waals surface area (Å²) in [6, 6.07) is 11.7. The largest absolute Gasteiger partial charge is 0.481 e. The molecule has 1 unspecified atom stereocenters. The van der Waals surface area contributed by atoms with Crippen molar-refractivity contribution in [2.75, 3.05) is 54.2 Å². The monoisotopic (exact) mass is 506 g/mol. The normalized spacial score (nSPS) is 19.5. The van der Waals surface area contributed by atoms with E-state index in [9.17, 15) is 9.59 Å². The Morgan fingerprint density at radius 3 is 2.92 bits per heavy atom. The number of hydrogen-bond acceptors (Lipinski definition) is 9. The number of anilines is 3. The van der Waals surface area contributed by atoms with E-state index in [1.54, 1.807) is 18.2 Å². The van der Waals surface area contributed by atoms with E-state index >= 15 is 0 Å². The molecule has 0 bridgehead atoms. The fourth-order valence-corrected chi connectivity index (χ4v) is 5.53. The van der Waals surface area contributed by atoms with Gasteiger partial charge in [0, 0.05) is 48.9 Å². The lowest BCUT2D eigenvalue weighted by atomic mass is 10.1. The maximum absolute atomic E-state index is 12.7. The van der Waals surface area contributed by atoms with E-state index in [4.69, 9.17) is 9.47 Å². The molecule has 2 amide bonds. The van der Waals surface area contributed by atoms with Gasteiger partial charge in [0.2, 0.25) is 11.8 Å². The van der Waals surface area contributed by atoms with E-state index in [2.05, 4.69) is 25.5 Å². The maximum atomic E-state index is 12.7. The average molecular weight is 507 g/mol. The van der Waals surface area contributed by atoms with Crippen LogP contribution in [0, 0.1) is 0 Å². The summed E-state index contributed by atoms with van der Waals surface area (Å²) < 4.78 is 11.1. The molecular weight excluding hydrogens is 480 g/mol. The third kappa shape index (κ3) is 4.28. The number of nitrogens with one attached hydrogen (secondary N) is 2. The Hall–Kier alpha value is -3.57. The van der Waals surface area contributed by atoms with Crippen molar-refractivity contribution in [1.29, 1.82) is 0 Å². The minimum absolute atomic E-state index is 0.0344. The molecular formula is C25H26N6O4S. The van der Waals surface area contributed by atoms with Crippen LogP contribution in [0.1, 0.15) is 6.42 Å². The molecule has 10 nitrogen and oxygen atoms in total. The quantitative estimate of drug-likeness (QED) is 0.500. The molecule has 36 heavy (non-hydrogen) atoms. The van der Waals surface area contributed by atoms with Gasteiger partial charge in [-0.25, -0.2) is 9.78 Å². The fraction of sp³-hybridized carbons (Fsp3) is 0.360. The first-order valence-corrected chi connectivity index (χ1v) is 12.9. The Kier molecular flexibility index (Phi) is 6.02. The number of cyclic esters (lactones) is 1. The van der Waals surface area contributed by atoms with Crippen molar-refractivity contribution in [3.63, 3.8) is 0 Å². The molecule has 3 aliphatic heterocycles. The van der Waals surface area contributed by atoms with E-state index in [1.807, 2.05) is 36.4 Å². The number of benzene rings is 1. The Morgan fingerprint density at radius 1 is 1.22 bits per heavy atom. The number of hydrogen-bond donors (Lipinski definition) is 2. The first-order chi connectivity index (χ1) is 17.6. The summed E-state index contributed by atoms with van der Waals surface area (Å²) in [5, 5.41) is 6.23. The van der Waals surface area contributed by atoms with Gasteiger partial charge in [-0.2, -0.15) is 0 Å². The second-order valence-electron chi connectivity index (χ2n) is 8.98. The summed E-state index contributed by atoms with van der Waals surface area (Å²) in [5.41, 5.74) is 4.06. The molecule has 2 N–H and O–H groups in total. The lowest BCUT2D eigenvalue weighted by molar-refractivity contribution is -0.113. The third-order valence-corrected chi connectivity index (χ3v) is 7.80. The summed E-state index contributed by atoms with van der Waals surface area (Å²) in [5.74, 6) is 0.915. The summed E-state index contributed by atoms with van der Waals surface area (Å²) in [6.07, 6.45) is 1.86. The van der Waals surface area contributed by atoms with Gasteiger partial charge in [0.15, 0.2) is 0 Å². The highest BCUT2D eigenvalue weighted by atomic mass is 32.2. The molecule has 1 aromatic carbocycles. The molecule has 186 valence electrons. The number of aromatic nitrogens is 2. The second kappa shape index (κ2) is 9.47. The Balaban J connectivity index is 1.19. The molecule has 2 saturated heterocycles. The number of ether oxygens (including phenoxy) is 2. The van der Waals surface area contributed by atoms with Crippen LogP contribution < -0.4 is 25.2 Å². The number of thioether (sulfide) groups is 1. The van der Waals surface area contributed by atoms with Gasteiger partial charge in [-0.3, -0.25) is 14.7 Å². The standard InChI is InChI=1S/C25H26N6O4S/c1-34-23-5-3-18-24(29-23)20(6-8-27-18)30(16-11-26-12-16)9-7-17-13-31(25(33)35-17)15-2-4-21-19(10-15)28-22(32)14-36-21/h2-6,8,10,16-17,26H,7,9,11-14H2,1H3,(H,28,32). The van der Waals surface area contributed by atoms with Crippen molar-refractivity contribution in [3.8, 4) is 5.88 Å². The van der Waals surface area contributed by atoms with Crippen molar-refractivity contribution in [3.05, 3.63) is 42.6 Å². The predicted molar refractivity (Wildman–Crippen MR) is 138 cm³/mol. The SMILES string of the molecule is COc1ccc2nccc(N(CCC3CN(c4ccc5c(c4)NC(=O)CS5)C(=O)O3)C3CNC3)c2n1. The molecule has 1 atom stereocenters. The molecule has 0 radical (unpaired) electrons. The fourth-order valence-electron chi connectivity index (χ4n) is 4.74. The van der Waals surface area contributed by atoms with Crippen LogP contribution in [0.2, 0.25) is 0 Å². The highest BCUT2D eigenvalue weighted by molar-refractivity contribution is 8.00. The number of rotatable bonds is 7. The van der Waals surface area contributed by atoms with Crippen LogP contribution in [0.15, 0.2) is 47.5 Å². The first kappa shape index (κ1) is 22.9. The van der Waals surface area contributed by atoms with Crippen molar-refractivity contribution in [2.45, 2.75) is 23.5 Å². The van der Waals surface area contributed by atoms with Gasteiger partial charge in [0.1, 0.15) is 11.6 Å². The number of pyridine rings is 2. The molecule has 0 saturated carbocycles. The van der Waals surface area contributed by atoms with Crippen LogP contribution in [0.4, 0.5) is 21.9 Å². The van der Waals surface area contributed by atoms with Gasteiger partial charge in [-0.15, -0.1) is 11.8 Å². The minimum Gasteiger partial charge on any atom is -0.481 e. The van der Waals surface area contributed by atoms with Crippen LogP contribution in [-0.4, -0.2) is 73.2 Å². The number of carbonyl (C=O) groups excluding carboxylic acids is 2. The van der Waals surface area contributed by atoms with E-state index in [1.165, 1.54) is 11.8 Å². The van der Waals surface area contributed by atoms with Crippen LogP contribution >= 0.6 is 11.8 Å². The zero-order chi connectivity index (χ0) is 24.6. The van der Waals surface area contributed by atoms with Crippen LogP contribution in [0.5, 0.6) is 5.88 Å². The molecule has 2 aromatic heterocycles. The van der Waals surface area contributed by atoms with Crippen LogP contribution in [0.3, 0.4) is 0 Å². The molecule has 11 heteroatoms. The van der Waals surface area contributed by atoms with Crippen LogP contribution in [0.25, 0.3) is 11.0 Å². The molecule has 2 fully saturated rings. The zero-order valence-corrected chi connectivity index (χ0v) is 20.6. The second-order valence-corrected chi connectivity index (χ2v) is 10.00. The van der Waals surface area contributed by atoms with Gasteiger partial charge in [0.05, 0.1) is 42.3 Å². The molecule has 6 rings (SSSR count). The smallest absolute Gasteiger partial charge is 0.414 e. The summed E-state index contributed by atoms with van der Waals surface area (Å²) in [4.78, 5) is 38.6. The van der Waals surface area contributed by atoms with Gasteiger partial charge in [0.25, 0.3) is 0 Å². The van der Waals surface area contributed by atoms with E-state index in [0.717, 1.165) is 46.1 Å². The van der Waals surface area contributed by atoms with Crippen molar-refractivity contribution < 1.29 is 19.1 Å². The van der Waals surface area contributed by atoms with Gasteiger partial charge in [-0.05, 0) is 30.3 Å². The zero-order valence-electron chi connectivity index (χ0n) is 19.8. The summed E-state index contributed by atoms with van der Waals surface area (Å²) in [7, 11) is 1.60. The molecule has 0 aliphatic carbocycles. The first-order valence-electron chi connectivity index (χ1n) is 11.9. The molecule has 0 spiro atoms. The number of nitrogens with zero attached hydrogens (tertiary/aromatic N) is 4. The minimum atomic E-state index is -0.368. The third-order valence-electron chi connectivity index (χ3n) is 6.73. The predicted octanol–water partition coefficient (Wildman–Crippen LogP) is 2.88. The number of amides is 2. The van der Waals surface area contributed by atoms with E-state index in [0.29, 0.717) is 37.2 Å². The highest BCUT2D eigenvalue weighted by Gasteiger charge is 2.34. The number of methoxy groups -OCH3 is 1. The van der Waals surface area contributed by atoms with Crippen molar-refractivity contribution >= 4 is 51.9 Å². The van der Waals surface area contributed by atoms with E-state index in [-0.39, 0.29) is 18.1 Å². The highest BCUT2D eigenvalue weighted by Crippen LogP contribution is 2.36. The Labute approximate surface area is 212 Å². The topological polar surface area (TPSA) is 109 Å². The number of fused-ring (bicyclic) bond motifs is 2. The van der Waals surface area contributed by atoms with Gasteiger partial charge >= 0.3 is 6.09 Å². The Morgan fingerprint density at radius 2 is 2.11 bits per heavy atom. The van der Waals surface area contributed by atoms with Crippen molar-refractivity contribution in [2.24, 2.45) is 0 Å². The lowest BCUT2D eigenvalue weighted by Gasteiger charge is -2.40.